The van der Waals surface area contributed by atoms with E-state index in [0.29, 0.717) is 21.1 Å². The smallest absolute Gasteiger partial charge is 0.260 e. The van der Waals surface area contributed by atoms with Crippen LogP contribution in [0.2, 0.25) is 0 Å². The average molecular weight is 390 g/mol. The van der Waals surface area contributed by atoms with Gasteiger partial charge in [-0.25, -0.2) is 4.98 Å². The summed E-state index contributed by atoms with van der Waals surface area (Å²) >= 11 is 2.68. The summed E-state index contributed by atoms with van der Waals surface area (Å²) in [6, 6.07) is 8.90. The second-order valence-electron chi connectivity index (χ2n) is 6.01. The molecule has 0 saturated carbocycles. The Bertz CT molecular complexity index is 964. The van der Waals surface area contributed by atoms with Crippen molar-refractivity contribution in [1.29, 1.82) is 0 Å². The molecule has 1 amide bonds. The Balaban J connectivity index is 1.78. The molecule has 0 aliphatic rings. The van der Waals surface area contributed by atoms with Gasteiger partial charge >= 0.3 is 0 Å². The molecular formula is C18H19N3O3S2. The fourth-order valence-electron chi connectivity index (χ4n) is 2.40. The van der Waals surface area contributed by atoms with E-state index in [0.717, 1.165) is 5.75 Å². The van der Waals surface area contributed by atoms with Gasteiger partial charge in [0.15, 0.2) is 5.16 Å². The number of aromatic nitrogens is 2. The molecular weight excluding hydrogens is 370 g/mol. The molecule has 3 rings (SSSR count). The first-order chi connectivity index (χ1) is 12.5. The number of thioether (sulfide) groups is 1. The van der Waals surface area contributed by atoms with Gasteiger partial charge in [-0.05, 0) is 41.6 Å². The summed E-state index contributed by atoms with van der Waals surface area (Å²) in [5, 5.41) is 5.37. The fourth-order valence-corrected chi connectivity index (χ4v) is 4.20. The number of methoxy groups -OCH3 is 1. The molecule has 2 heterocycles. The van der Waals surface area contributed by atoms with Crippen LogP contribution in [-0.2, 0) is 4.79 Å². The Morgan fingerprint density at radius 3 is 2.65 bits per heavy atom. The van der Waals surface area contributed by atoms with Crippen molar-refractivity contribution in [2.24, 2.45) is 5.92 Å². The molecule has 1 atom stereocenters. The van der Waals surface area contributed by atoms with Gasteiger partial charge < -0.3 is 15.0 Å². The van der Waals surface area contributed by atoms with E-state index in [9.17, 15) is 9.59 Å². The van der Waals surface area contributed by atoms with Crippen LogP contribution in [0.15, 0.2) is 45.7 Å². The van der Waals surface area contributed by atoms with Crippen molar-refractivity contribution < 1.29 is 9.53 Å². The molecule has 2 N–H and O–H groups in total. The first-order valence-corrected chi connectivity index (χ1v) is 9.83. The Labute approximate surface area is 159 Å². The highest BCUT2D eigenvalue weighted by molar-refractivity contribution is 8.00. The van der Waals surface area contributed by atoms with Crippen LogP contribution in [0.25, 0.3) is 10.2 Å². The highest BCUT2D eigenvalue weighted by Gasteiger charge is 2.25. The topological polar surface area (TPSA) is 84.1 Å². The number of amides is 1. The van der Waals surface area contributed by atoms with E-state index in [1.807, 2.05) is 19.2 Å². The second kappa shape index (κ2) is 7.92. The number of thiophene rings is 1. The second-order valence-corrected chi connectivity index (χ2v) is 8.04. The Morgan fingerprint density at radius 2 is 2.00 bits per heavy atom. The van der Waals surface area contributed by atoms with Crippen molar-refractivity contribution in [3.05, 3.63) is 46.1 Å². The highest BCUT2D eigenvalue weighted by atomic mass is 32.2. The average Bonchev–Trinajstić information content (AvgIpc) is 3.09. The lowest BCUT2D eigenvalue weighted by atomic mass is 10.1. The van der Waals surface area contributed by atoms with Gasteiger partial charge in [0.05, 0.1) is 17.7 Å². The summed E-state index contributed by atoms with van der Waals surface area (Å²) in [5.41, 5.74) is 0.508. The number of rotatable bonds is 6. The summed E-state index contributed by atoms with van der Waals surface area (Å²) in [6.07, 6.45) is 0. The standard InChI is InChI=1S/C18H19N3O3S2/c1-10(2)14(16(23)19-11-4-6-12(24-3)7-5-11)26-18-20-15(22)13-8-9-25-17(13)21-18/h4-10,14H,1-3H3,(H,19,23)(H,20,21,22)/t14-/m0/s1. The maximum absolute atomic E-state index is 12.7. The van der Waals surface area contributed by atoms with Crippen LogP contribution in [0.1, 0.15) is 13.8 Å². The van der Waals surface area contributed by atoms with Gasteiger partial charge in [-0.15, -0.1) is 11.3 Å². The first kappa shape index (κ1) is 18.5. The summed E-state index contributed by atoms with van der Waals surface area (Å²) in [5.74, 6) is 0.649. The molecule has 8 heteroatoms. The number of nitrogens with one attached hydrogen (secondary N) is 2. The van der Waals surface area contributed by atoms with Crippen LogP contribution in [0.4, 0.5) is 5.69 Å². The monoisotopic (exact) mass is 389 g/mol. The fraction of sp³-hybridized carbons (Fsp3) is 0.278. The number of anilines is 1. The van der Waals surface area contributed by atoms with E-state index < -0.39 is 5.25 Å². The molecule has 136 valence electrons. The normalized spacial score (nSPS) is 12.3. The van der Waals surface area contributed by atoms with Crippen LogP contribution in [-0.4, -0.2) is 28.2 Å². The number of H-pyrrole nitrogens is 1. The van der Waals surface area contributed by atoms with Gasteiger partial charge in [-0.2, -0.15) is 0 Å². The van der Waals surface area contributed by atoms with Gasteiger partial charge in [0.1, 0.15) is 10.6 Å². The van der Waals surface area contributed by atoms with Gasteiger partial charge in [0, 0.05) is 5.69 Å². The van der Waals surface area contributed by atoms with Crippen molar-refractivity contribution in [3.63, 3.8) is 0 Å². The zero-order chi connectivity index (χ0) is 18.7. The maximum atomic E-state index is 12.7. The van der Waals surface area contributed by atoms with E-state index in [1.54, 1.807) is 37.4 Å². The minimum absolute atomic E-state index is 0.0579. The lowest BCUT2D eigenvalue weighted by molar-refractivity contribution is -0.116. The van der Waals surface area contributed by atoms with E-state index in [4.69, 9.17) is 4.74 Å². The minimum atomic E-state index is -0.391. The number of hydrogen-bond acceptors (Lipinski definition) is 6. The predicted octanol–water partition coefficient (Wildman–Crippen LogP) is 3.75. The third-order valence-electron chi connectivity index (χ3n) is 3.77. The van der Waals surface area contributed by atoms with Crippen molar-refractivity contribution in [3.8, 4) is 5.75 Å². The predicted molar refractivity (Wildman–Crippen MR) is 106 cm³/mol. The van der Waals surface area contributed by atoms with Gasteiger partial charge in [0.2, 0.25) is 5.91 Å². The van der Waals surface area contributed by atoms with Crippen LogP contribution in [0.5, 0.6) is 5.75 Å². The van der Waals surface area contributed by atoms with Crippen molar-refractivity contribution in [1.82, 2.24) is 9.97 Å². The molecule has 0 unspecified atom stereocenters. The van der Waals surface area contributed by atoms with Crippen LogP contribution < -0.4 is 15.6 Å². The Hall–Kier alpha value is -2.32. The summed E-state index contributed by atoms with van der Waals surface area (Å²) < 4.78 is 5.12. The van der Waals surface area contributed by atoms with E-state index in [1.165, 1.54) is 23.1 Å². The number of carbonyl (C=O) groups is 1. The summed E-state index contributed by atoms with van der Waals surface area (Å²) in [6.45, 7) is 3.93. The number of nitrogens with zero attached hydrogens (tertiary/aromatic N) is 1. The molecule has 3 aromatic rings. The van der Waals surface area contributed by atoms with Crippen molar-refractivity contribution >= 4 is 44.9 Å². The molecule has 0 aliphatic heterocycles. The quantitative estimate of drug-likeness (QED) is 0.495. The zero-order valence-corrected chi connectivity index (χ0v) is 16.2. The molecule has 0 radical (unpaired) electrons. The molecule has 2 aromatic heterocycles. The lowest BCUT2D eigenvalue weighted by Gasteiger charge is -2.19. The maximum Gasteiger partial charge on any atom is 0.260 e. The molecule has 6 nitrogen and oxygen atoms in total. The molecule has 0 fully saturated rings. The van der Waals surface area contributed by atoms with Gasteiger partial charge in [-0.3, -0.25) is 9.59 Å². The molecule has 26 heavy (non-hydrogen) atoms. The number of benzene rings is 1. The van der Waals surface area contributed by atoms with Gasteiger partial charge in [0.25, 0.3) is 5.56 Å². The van der Waals surface area contributed by atoms with Crippen molar-refractivity contribution in [2.75, 3.05) is 12.4 Å². The Morgan fingerprint density at radius 1 is 1.27 bits per heavy atom. The molecule has 1 aromatic carbocycles. The number of fused-ring (bicyclic) bond motifs is 1. The molecule has 0 aliphatic carbocycles. The molecule has 0 bridgehead atoms. The lowest BCUT2D eigenvalue weighted by Crippen LogP contribution is -2.30. The summed E-state index contributed by atoms with van der Waals surface area (Å²) in [7, 11) is 1.59. The SMILES string of the molecule is COc1ccc(NC(=O)[C@@H](Sc2nc3sccc3c(=O)[nH]2)C(C)C)cc1. The van der Waals surface area contributed by atoms with Crippen LogP contribution >= 0.6 is 23.1 Å². The summed E-state index contributed by atoms with van der Waals surface area (Å²) in [4.78, 5) is 32.7. The van der Waals surface area contributed by atoms with E-state index in [2.05, 4.69) is 15.3 Å². The van der Waals surface area contributed by atoms with Crippen LogP contribution in [0.3, 0.4) is 0 Å². The first-order valence-electron chi connectivity index (χ1n) is 8.07. The number of aromatic amines is 1. The molecule has 0 saturated heterocycles. The van der Waals surface area contributed by atoms with Gasteiger partial charge in [-0.1, -0.05) is 25.6 Å². The van der Waals surface area contributed by atoms with E-state index >= 15 is 0 Å². The van der Waals surface area contributed by atoms with E-state index in [-0.39, 0.29) is 17.4 Å². The highest BCUT2D eigenvalue weighted by Crippen LogP contribution is 2.28. The van der Waals surface area contributed by atoms with Crippen LogP contribution in [0, 0.1) is 5.92 Å². The Kier molecular flexibility index (Phi) is 5.63. The number of carbonyl (C=O) groups excluding carboxylic acids is 1. The molecule has 0 spiro atoms. The number of ether oxygens (including phenoxy) is 1. The zero-order valence-electron chi connectivity index (χ0n) is 14.6. The van der Waals surface area contributed by atoms with Crippen molar-refractivity contribution in [2.45, 2.75) is 24.3 Å². The third-order valence-corrected chi connectivity index (χ3v) is 6.01. The largest absolute Gasteiger partial charge is 0.497 e. The third kappa shape index (κ3) is 4.08. The minimum Gasteiger partial charge on any atom is -0.497 e. The number of hydrogen-bond donors (Lipinski definition) is 2.